The van der Waals surface area contributed by atoms with Crippen LogP contribution in [0.3, 0.4) is 0 Å². The summed E-state index contributed by atoms with van der Waals surface area (Å²) in [6.45, 7) is -0.416. The summed E-state index contributed by atoms with van der Waals surface area (Å²) < 4.78 is 37.9. The zero-order valence-electron chi connectivity index (χ0n) is 13.6. The van der Waals surface area contributed by atoms with Crippen LogP contribution in [0.1, 0.15) is 23.2 Å². The summed E-state index contributed by atoms with van der Waals surface area (Å²) in [5.74, 6) is -0.219. The first kappa shape index (κ1) is 18.3. The van der Waals surface area contributed by atoms with Gasteiger partial charge in [-0.1, -0.05) is 0 Å². The summed E-state index contributed by atoms with van der Waals surface area (Å²) in [4.78, 5) is 24.0. The Bertz CT molecular complexity index is 724. The number of rotatable bonds is 7. The first-order chi connectivity index (χ1) is 11.3. The van der Waals surface area contributed by atoms with Crippen LogP contribution in [0.5, 0.6) is 11.5 Å². The number of carbonyl (C=O) groups excluding carboxylic acids is 2. The van der Waals surface area contributed by atoms with Crippen molar-refractivity contribution in [1.82, 2.24) is 0 Å². The van der Waals surface area contributed by atoms with Crippen LogP contribution in [0, 0.1) is 5.92 Å². The van der Waals surface area contributed by atoms with Crippen molar-refractivity contribution in [3.63, 3.8) is 0 Å². The van der Waals surface area contributed by atoms with Crippen molar-refractivity contribution in [2.75, 3.05) is 32.3 Å². The fourth-order valence-electron chi connectivity index (χ4n) is 2.58. The molecule has 0 amide bonds. The molecule has 0 bridgehead atoms. The fourth-order valence-corrected chi connectivity index (χ4v) is 4.44. The Labute approximate surface area is 140 Å². The minimum atomic E-state index is -3.03. The van der Waals surface area contributed by atoms with Crippen LogP contribution < -0.4 is 9.47 Å². The first-order valence-corrected chi connectivity index (χ1v) is 9.28. The van der Waals surface area contributed by atoms with Gasteiger partial charge in [-0.25, -0.2) is 8.42 Å². The molecular weight excluding hydrogens is 336 g/mol. The van der Waals surface area contributed by atoms with Crippen molar-refractivity contribution >= 4 is 21.6 Å². The van der Waals surface area contributed by atoms with Crippen molar-refractivity contribution in [1.29, 1.82) is 0 Å². The largest absolute Gasteiger partial charge is 0.497 e. The van der Waals surface area contributed by atoms with E-state index in [1.165, 1.54) is 20.3 Å². The summed E-state index contributed by atoms with van der Waals surface area (Å²) in [6, 6.07) is 4.72. The van der Waals surface area contributed by atoms with E-state index in [1.807, 2.05) is 0 Å². The molecule has 0 aliphatic carbocycles. The van der Waals surface area contributed by atoms with Gasteiger partial charge < -0.3 is 14.2 Å². The lowest BCUT2D eigenvalue weighted by molar-refractivity contribution is -0.143. The highest BCUT2D eigenvalue weighted by molar-refractivity contribution is 7.91. The Morgan fingerprint density at radius 1 is 1.21 bits per heavy atom. The third-order valence-electron chi connectivity index (χ3n) is 3.86. The molecule has 8 heteroatoms. The molecule has 7 nitrogen and oxygen atoms in total. The highest BCUT2D eigenvalue weighted by Gasteiger charge is 2.30. The molecule has 0 radical (unpaired) electrons. The molecule has 1 aliphatic heterocycles. The number of hydrogen-bond donors (Lipinski definition) is 0. The van der Waals surface area contributed by atoms with Crippen LogP contribution in [0.4, 0.5) is 0 Å². The first-order valence-electron chi connectivity index (χ1n) is 7.46. The van der Waals surface area contributed by atoms with Crippen LogP contribution in [-0.2, 0) is 19.4 Å². The quantitative estimate of drug-likeness (QED) is 0.536. The van der Waals surface area contributed by atoms with E-state index < -0.39 is 28.2 Å². The Kier molecular flexibility index (Phi) is 5.82. The smallest absolute Gasteiger partial charge is 0.306 e. The van der Waals surface area contributed by atoms with Gasteiger partial charge in [0.15, 0.2) is 16.4 Å². The Hall–Kier alpha value is -2.09. The zero-order chi connectivity index (χ0) is 17.7. The lowest BCUT2D eigenvalue weighted by Gasteiger charge is -2.11. The van der Waals surface area contributed by atoms with E-state index >= 15 is 0 Å². The van der Waals surface area contributed by atoms with Crippen LogP contribution in [-0.4, -0.2) is 52.5 Å². The molecule has 0 N–H and O–H groups in total. The van der Waals surface area contributed by atoms with Gasteiger partial charge >= 0.3 is 5.97 Å². The summed E-state index contributed by atoms with van der Waals surface area (Å²) in [5, 5.41) is 0. The van der Waals surface area contributed by atoms with E-state index in [1.54, 1.807) is 12.1 Å². The highest BCUT2D eigenvalue weighted by Crippen LogP contribution is 2.25. The molecule has 1 aromatic carbocycles. The number of ether oxygens (including phenoxy) is 3. The van der Waals surface area contributed by atoms with Crippen molar-refractivity contribution in [3.8, 4) is 11.5 Å². The van der Waals surface area contributed by atoms with Crippen LogP contribution >= 0.6 is 0 Å². The minimum absolute atomic E-state index is 0.00233. The normalized spacial score (nSPS) is 18.8. The SMILES string of the molecule is COc1ccc(C(=O)COC(=O)C[C@@H]2CCS(=O)(=O)C2)c(OC)c1. The maximum absolute atomic E-state index is 12.2. The molecule has 0 unspecified atom stereocenters. The molecule has 1 atom stereocenters. The molecule has 2 rings (SSSR count). The Morgan fingerprint density at radius 2 is 1.96 bits per heavy atom. The molecule has 1 aromatic rings. The minimum Gasteiger partial charge on any atom is -0.497 e. The van der Waals surface area contributed by atoms with Gasteiger partial charge in [0.25, 0.3) is 0 Å². The van der Waals surface area contributed by atoms with Gasteiger partial charge in [0.1, 0.15) is 11.5 Å². The molecule has 0 spiro atoms. The summed E-state index contributed by atoms with van der Waals surface area (Å²) in [6.07, 6.45) is 0.462. The second kappa shape index (κ2) is 7.65. The van der Waals surface area contributed by atoms with Crippen LogP contribution in [0.15, 0.2) is 18.2 Å². The number of benzene rings is 1. The number of methoxy groups -OCH3 is 2. The molecule has 1 heterocycles. The third kappa shape index (κ3) is 4.70. The summed E-state index contributed by atoms with van der Waals surface area (Å²) >= 11 is 0. The number of esters is 1. The molecule has 1 saturated heterocycles. The van der Waals surface area contributed by atoms with Crippen LogP contribution in [0.25, 0.3) is 0 Å². The van der Waals surface area contributed by atoms with E-state index in [2.05, 4.69) is 0 Å². The number of sulfone groups is 1. The molecule has 0 saturated carbocycles. The van der Waals surface area contributed by atoms with Gasteiger partial charge in [0.05, 0.1) is 31.3 Å². The molecule has 24 heavy (non-hydrogen) atoms. The van der Waals surface area contributed by atoms with Crippen molar-refractivity contribution in [2.24, 2.45) is 5.92 Å². The van der Waals surface area contributed by atoms with Crippen molar-refractivity contribution in [3.05, 3.63) is 23.8 Å². The number of hydrogen-bond acceptors (Lipinski definition) is 7. The molecule has 1 aliphatic rings. The predicted octanol–water partition coefficient (Wildman–Crippen LogP) is 1.25. The maximum Gasteiger partial charge on any atom is 0.306 e. The second-order valence-electron chi connectivity index (χ2n) is 5.62. The zero-order valence-corrected chi connectivity index (χ0v) is 14.4. The molecule has 0 aromatic heterocycles. The predicted molar refractivity (Wildman–Crippen MR) is 86.2 cm³/mol. The monoisotopic (exact) mass is 356 g/mol. The standard InChI is InChI=1S/C16H20O7S/c1-21-12-3-4-13(15(8-12)22-2)14(17)9-23-16(18)7-11-5-6-24(19,20)10-11/h3-4,8,11H,5-7,9-10H2,1-2H3/t11-/m0/s1. The van der Waals surface area contributed by atoms with Crippen molar-refractivity contribution in [2.45, 2.75) is 12.8 Å². The average molecular weight is 356 g/mol. The van der Waals surface area contributed by atoms with Gasteiger partial charge in [-0.3, -0.25) is 9.59 Å². The second-order valence-corrected chi connectivity index (χ2v) is 7.85. The van der Waals surface area contributed by atoms with E-state index in [-0.39, 0.29) is 29.4 Å². The van der Waals surface area contributed by atoms with Crippen LogP contribution in [0.2, 0.25) is 0 Å². The fraction of sp³-hybridized carbons (Fsp3) is 0.500. The highest BCUT2D eigenvalue weighted by atomic mass is 32.2. The average Bonchev–Trinajstić information content (AvgIpc) is 2.90. The topological polar surface area (TPSA) is 96.0 Å². The molecule has 132 valence electrons. The van der Waals surface area contributed by atoms with Gasteiger partial charge in [-0.15, -0.1) is 0 Å². The summed E-state index contributed by atoms with van der Waals surface area (Å²) in [7, 11) is -0.104. The van der Waals surface area contributed by atoms with E-state index in [0.717, 1.165) is 0 Å². The molecule has 1 fully saturated rings. The van der Waals surface area contributed by atoms with Gasteiger partial charge in [-0.2, -0.15) is 0 Å². The van der Waals surface area contributed by atoms with E-state index in [9.17, 15) is 18.0 Å². The lowest BCUT2D eigenvalue weighted by atomic mass is 10.1. The molecular formula is C16H20O7S. The van der Waals surface area contributed by atoms with Gasteiger partial charge in [0, 0.05) is 12.5 Å². The van der Waals surface area contributed by atoms with E-state index in [0.29, 0.717) is 17.9 Å². The number of carbonyl (C=O) groups is 2. The lowest BCUT2D eigenvalue weighted by Crippen LogP contribution is -2.18. The van der Waals surface area contributed by atoms with Gasteiger partial charge in [0.2, 0.25) is 5.78 Å². The van der Waals surface area contributed by atoms with Gasteiger partial charge in [-0.05, 0) is 24.5 Å². The third-order valence-corrected chi connectivity index (χ3v) is 5.69. The van der Waals surface area contributed by atoms with Crippen molar-refractivity contribution < 1.29 is 32.2 Å². The Balaban J connectivity index is 1.90. The Morgan fingerprint density at radius 3 is 2.54 bits per heavy atom. The summed E-state index contributed by atoms with van der Waals surface area (Å²) in [5.41, 5.74) is 0.287. The number of Topliss-reactive ketones (excluding diaryl/α,β-unsaturated/α-hetero) is 1. The number of ketones is 1. The van der Waals surface area contributed by atoms with E-state index in [4.69, 9.17) is 14.2 Å². The maximum atomic E-state index is 12.2.